The Hall–Kier alpha value is -3.14. The number of pyridine rings is 1. The van der Waals surface area contributed by atoms with Gasteiger partial charge in [-0.05, 0) is 124 Å². The first-order chi connectivity index (χ1) is 22.0. The third-order valence-electron chi connectivity index (χ3n) is 10.6. The van der Waals surface area contributed by atoms with Gasteiger partial charge < -0.3 is 14.7 Å². The van der Waals surface area contributed by atoms with Crippen LogP contribution in [0.4, 0.5) is 5.69 Å². The van der Waals surface area contributed by atoms with Crippen molar-refractivity contribution in [2.45, 2.75) is 82.7 Å². The maximum absolute atomic E-state index is 13.5. The lowest BCUT2D eigenvalue weighted by atomic mass is 9.61. The molecule has 0 unspecified atom stereocenters. The number of carbonyl (C=O) groups excluding carboxylic acids is 1. The van der Waals surface area contributed by atoms with Crippen molar-refractivity contribution >= 4 is 33.2 Å². The van der Waals surface area contributed by atoms with Crippen LogP contribution in [0.3, 0.4) is 0 Å². The molecule has 246 valence electrons. The molecule has 2 aliphatic heterocycles. The van der Waals surface area contributed by atoms with Crippen LogP contribution >= 0.6 is 11.6 Å². The zero-order chi connectivity index (χ0) is 32.5. The molecule has 3 aromatic rings. The number of fused-ring (bicyclic) bond motifs is 3. The van der Waals surface area contributed by atoms with Crippen molar-refractivity contribution in [2.24, 2.45) is 17.8 Å². The van der Waals surface area contributed by atoms with Gasteiger partial charge in [0.1, 0.15) is 12.4 Å². The summed E-state index contributed by atoms with van der Waals surface area (Å²) in [7, 11) is -3.95. The van der Waals surface area contributed by atoms with Crippen molar-refractivity contribution in [1.29, 1.82) is 0 Å². The summed E-state index contributed by atoms with van der Waals surface area (Å²) in [6.45, 7) is 5.29. The number of carbonyl (C=O) groups is 1. The highest BCUT2D eigenvalue weighted by molar-refractivity contribution is 7.90. The van der Waals surface area contributed by atoms with Gasteiger partial charge in [0.05, 0.1) is 16.5 Å². The van der Waals surface area contributed by atoms with E-state index >= 15 is 0 Å². The fourth-order valence-corrected chi connectivity index (χ4v) is 8.96. The monoisotopic (exact) mass is 665 g/mol. The van der Waals surface area contributed by atoms with Gasteiger partial charge in [0, 0.05) is 41.6 Å². The molecule has 0 spiro atoms. The average Bonchev–Trinajstić information content (AvgIpc) is 3.05. The van der Waals surface area contributed by atoms with Gasteiger partial charge in [-0.3, -0.25) is 9.78 Å². The lowest BCUT2D eigenvalue weighted by Gasteiger charge is -2.49. The van der Waals surface area contributed by atoms with Crippen molar-refractivity contribution < 1.29 is 23.1 Å². The number of ether oxygens (including phenoxy) is 1. The summed E-state index contributed by atoms with van der Waals surface area (Å²) >= 11 is 6.35. The molecule has 3 aliphatic rings. The van der Waals surface area contributed by atoms with E-state index in [9.17, 15) is 18.3 Å². The summed E-state index contributed by atoms with van der Waals surface area (Å²) in [5.74, 6) is -0.00946. The van der Waals surface area contributed by atoms with E-state index in [1.54, 1.807) is 37.5 Å². The topological polar surface area (TPSA) is 109 Å². The minimum atomic E-state index is -3.95. The van der Waals surface area contributed by atoms with Gasteiger partial charge >= 0.3 is 0 Å². The van der Waals surface area contributed by atoms with Crippen LogP contribution in [0, 0.1) is 17.8 Å². The zero-order valence-corrected chi connectivity index (χ0v) is 28.2. The van der Waals surface area contributed by atoms with Crippen molar-refractivity contribution in [3.8, 4) is 5.75 Å². The largest absolute Gasteiger partial charge is 0.487 e. The molecule has 0 saturated heterocycles. The molecule has 3 heterocycles. The second kappa shape index (κ2) is 13.5. The SMILES string of the molecule is C[C@@H]1[C@@H](C)CCC[C@](O)(c2cccnc2)[C@@H]2CC[C@H]2CN2CCCCc3cc(Cl)ccc3COc3ccc(cc32)C(=O)NS1(=O)=O. The Balaban J connectivity index is 1.42. The third kappa shape index (κ3) is 6.78. The van der Waals surface area contributed by atoms with Crippen LogP contribution in [0.1, 0.15) is 85.8 Å². The summed E-state index contributed by atoms with van der Waals surface area (Å²) in [6.07, 6.45) is 9.84. The quantitative estimate of drug-likeness (QED) is 0.300. The number of hydrogen-bond acceptors (Lipinski definition) is 7. The maximum Gasteiger partial charge on any atom is 0.264 e. The molecule has 10 heteroatoms. The standard InChI is InChI=1S/C36H44ClN3O5S/c1-24-7-5-16-36(42,30-9-6-17-38-21-30)32-14-11-28(32)22-40-18-4-3-8-26-19-31(37)13-10-29(26)23-45-34-15-12-27(20-33(34)40)35(41)39-46(43,44)25(24)2/h6,9-10,12-13,15,17,19-21,24-25,28,32,42H,3-5,7-8,11,14,16,18,22-23H2,1-2H3,(H,39,41)/t24-,25+,28-,32+,36-/m0/s1. The number of amides is 1. The summed E-state index contributed by atoms with van der Waals surface area (Å²) in [4.78, 5) is 20.1. The zero-order valence-electron chi connectivity index (χ0n) is 26.6. The predicted molar refractivity (Wildman–Crippen MR) is 181 cm³/mol. The maximum atomic E-state index is 13.5. The Labute approximate surface area is 277 Å². The van der Waals surface area contributed by atoms with Crippen molar-refractivity contribution in [1.82, 2.24) is 9.71 Å². The van der Waals surface area contributed by atoms with E-state index in [0.717, 1.165) is 61.0 Å². The molecule has 6 rings (SSSR count). The number of nitrogens with zero attached hydrogens (tertiary/aromatic N) is 2. The summed E-state index contributed by atoms with van der Waals surface area (Å²) < 4.78 is 35.6. The minimum absolute atomic E-state index is 0.0153. The Bertz CT molecular complexity index is 1670. The van der Waals surface area contributed by atoms with Gasteiger partial charge in [-0.15, -0.1) is 0 Å². The number of halogens is 1. The number of anilines is 1. The second-order valence-corrected chi connectivity index (χ2v) is 15.9. The van der Waals surface area contributed by atoms with E-state index in [2.05, 4.69) is 14.6 Å². The molecule has 1 aromatic heterocycles. The number of aromatic nitrogens is 1. The lowest BCUT2D eigenvalue weighted by Crippen LogP contribution is -2.49. The molecule has 8 nitrogen and oxygen atoms in total. The van der Waals surface area contributed by atoms with Crippen LogP contribution in [0.25, 0.3) is 0 Å². The number of sulfonamides is 1. The van der Waals surface area contributed by atoms with Gasteiger partial charge in [0.15, 0.2) is 0 Å². The minimum Gasteiger partial charge on any atom is -0.487 e. The molecule has 1 amide bonds. The van der Waals surface area contributed by atoms with Gasteiger partial charge in [-0.25, -0.2) is 13.1 Å². The first kappa shape index (κ1) is 32.8. The van der Waals surface area contributed by atoms with Crippen molar-refractivity contribution in [3.63, 3.8) is 0 Å². The first-order valence-electron chi connectivity index (χ1n) is 16.5. The van der Waals surface area contributed by atoms with Crippen molar-refractivity contribution in [2.75, 3.05) is 18.0 Å². The molecule has 5 atom stereocenters. The number of rotatable bonds is 1. The molecular weight excluding hydrogens is 622 g/mol. The summed E-state index contributed by atoms with van der Waals surface area (Å²) in [5.41, 5.74) is 2.98. The Morgan fingerprint density at radius 1 is 1.04 bits per heavy atom. The van der Waals surface area contributed by atoms with Crippen LogP contribution in [0.15, 0.2) is 60.9 Å². The molecule has 1 saturated carbocycles. The Morgan fingerprint density at radius 2 is 1.89 bits per heavy atom. The van der Waals surface area contributed by atoms with E-state index in [0.29, 0.717) is 43.2 Å². The Kier molecular flexibility index (Phi) is 9.65. The van der Waals surface area contributed by atoms with Crippen LogP contribution in [0.2, 0.25) is 5.02 Å². The fraction of sp³-hybridized carbons (Fsp3) is 0.500. The first-order valence-corrected chi connectivity index (χ1v) is 18.5. The van der Waals surface area contributed by atoms with E-state index in [1.807, 2.05) is 37.3 Å². The highest BCUT2D eigenvalue weighted by atomic mass is 35.5. The highest BCUT2D eigenvalue weighted by Gasteiger charge is 2.48. The normalized spacial score (nSPS) is 28.7. The average molecular weight is 666 g/mol. The van der Waals surface area contributed by atoms with Crippen LogP contribution in [0.5, 0.6) is 5.75 Å². The highest BCUT2D eigenvalue weighted by Crippen LogP contribution is 2.50. The summed E-state index contributed by atoms with van der Waals surface area (Å²) in [5, 5.41) is 12.4. The second-order valence-electron chi connectivity index (χ2n) is 13.4. The van der Waals surface area contributed by atoms with Crippen molar-refractivity contribution in [3.05, 3.63) is 88.2 Å². The van der Waals surface area contributed by atoms with Gasteiger partial charge in [0.2, 0.25) is 10.0 Å². The lowest BCUT2D eigenvalue weighted by molar-refractivity contribution is -0.0951. The molecule has 1 fully saturated rings. The predicted octanol–water partition coefficient (Wildman–Crippen LogP) is 6.64. The number of aryl methyl sites for hydroxylation is 1. The molecular formula is C36H44ClN3O5S. The smallest absolute Gasteiger partial charge is 0.264 e. The molecule has 2 aromatic carbocycles. The fourth-order valence-electron chi connectivity index (χ4n) is 7.46. The number of benzene rings is 2. The molecule has 2 N–H and O–H groups in total. The van der Waals surface area contributed by atoms with E-state index in [1.165, 1.54) is 0 Å². The third-order valence-corrected chi connectivity index (χ3v) is 12.8. The van der Waals surface area contributed by atoms with Crippen LogP contribution in [-0.2, 0) is 28.7 Å². The summed E-state index contributed by atoms with van der Waals surface area (Å²) in [6, 6.07) is 14.9. The molecule has 1 aliphatic carbocycles. The van der Waals surface area contributed by atoms with Gasteiger partial charge in [0.25, 0.3) is 5.91 Å². The van der Waals surface area contributed by atoms with Crippen LogP contribution < -0.4 is 14.4 Å². The molecule has 46 heavy (non-hydrogen) atoms. The van der Waals surface area contributed by atoms with E-state index in [4.69, 9.17) is 16.3 Å². The number of aliphatic hydroxyl groups is 1. The van der Waals surface area contributed by atoms with E-state index in [-0.39, 0.29) is 23.3 Å². The molecule has 2 bridgehead atoms. The number of nitrogens with one attached hydrogen (secondary N) is 1. The van der Waals surface area contributed by atoms with Crippen LogP contribution in [-0.4, -0.2) is 42.8 Å². The number of hydrogen-bond donors (Lipinski definition) is 2. The Morgan fingerprint density at radius 3 is 2.65 bits per heavy atom. The molecule has 0 radical (unpaired) electrons. The van der Waals surface area contributed by atoms with Gasteiger partial charge in [-0.1, -0.05) is 30.7 Å². The van der Waals surface area contributed by atoms with Gasteiger partial charge in [-0.2, -0.15) is 0 Å². The van der Waals surface area contributed by atoms with E-state index < -0.39 is 26.8 Å².